The minimum atomic E-state index is -0.468. The third-order valence-corrected chi connectivity index (χ3v) is 8.23. The number of hydrogen-bond acceptors (Lipinski definition) is 7. The molecular weight excluding hydrogens is 571 g/mol. The first kappa shape index (κ1) is 30.4. The average Bonchev–Trinajstić information content (AvgIpc) is 3.53. The standard InChI is InChI=1S/C32H31N3O5S2/c1-4-29(32(38)34-26-19-23(39-2)15-16-28(26)40-3)42-25-13-8-12-22(18-25)33-31(37)27(20-24-14-9-17-41-24)35-30(36)21-10-6-5-7-11-21/h5-20,29H,4H2,1-3H3,(H,33,37)(H,34,38)(H,35,36)/b27-20-. The Morgan fingerprint density at radius 2 is 1.71 bits per heavy atom. The van der Waals surface area contributed by atoms with Gasteiger partial charge < -0.3 is 25.4 Å². The molecule has 3 aromatic carbocycles. The van der Waals surface area contributed by atoms with Crippen molar-refractivity contribution >= 4 is 58.3 Å². The zero-order valence-corrected chi connectivity index (χ0v) is 25.0. The summed E-state index contributed by atoms with van der Waals surface area (Å²) in [7, 11) is 3.10. The van der Waals surface area contributed by atoms with Crippen molar-refractivity contribution in [2.75, 3.05) is 24.9 Å². The fourth-order valence-corrected chi connectivity index (χ4v) is 5.59. The maximum Gasteiger partial charge on any atom is 0.272 e. The predicted molar refractivity (Wildman–Crippen MR) is 169 cm³/mol. The van der Waals surface area contributed by atoms with Crippen LogP contribution in [0.1, 0.15) is 28.6 Å². The fourth-order valence-electron chi connectivity index (χ4n) is 3.92. The molecule has 0 aliphatic heterocycles. The van der Waals surface area contributed by atoms with Gasteiger partial charge in [-0.2, -0.15) is 0 Å². The van der Waals surface area contributed by atoms with Crippen LogP contribution in [0.4, 0.5) is 11.4 Å². The van der Waals surface area contributed by atoms with Crippen molar-refractivity contribution in [2.45, 2.75) is 23.5 Å². The Balaban J connectivity index is 1.47. The first-order chi connectivity index (χ1) is 20.4. The number of anilines is 2. The third kappa shape index (κ3) is 8.25. The molecule has 0 fully saturated rings. The Labute approximate surface area is 253 Å². The van der Waals surface area contributed by atoms with Gasteiger partial charge in [0.15, 0.2) is 0 Å². The summed E-state index contributed by atoms with van der Waals surface area (Å²) in [5.41, 5.74) is 1.60. The highest BCUT2D eigenvalue weighted by Gasteiger charge is 2.21. The summed E-state index contributed by atoms with van der Waals surface area (Å²) in [6.45, 7) is 1.93. The molecule has 0 spiro atoms. The monoisotopic (exact) mass is 601 g/mol. The van der Waals surface area contributed by atoms with Gasteiger partial charge in [-0.3, -0.25) is 14.4 Å². The van der Waals surface area contributed by atoms with Gasteiger partial charge in [-0.1, -0.05) is 37.3 Å². The molecule has 1 heterocycles. The van der Waals surface area contributed by atoms with Crippen LogP contribution in [-0.4, -0.2) is 37.2 Å². The molecule has 1 unspecified atom stereocenters. The van der Waals surface area contributed by atoms with Gasteiger partial charge in [0.2, 0.25) is 5.91 Å². The molecule has 42 heavy (non-hydrogen) atoms. The van der Waals surface area contributed by atoms with Crippen LogP contribution in [0.5, 0.6) is 11.5 Å². The number of hydrogen-bond donors (Lipinski definition) is 3. The number of carbonyl (C=O) groups is 3. The number of rotatable bonds is 12. The molecule has 1 aromatic heterocycles. The predicted octanol–water partition coefficient (Wildman–Crippen LogP) is 6.68. The molecule has 0 radical (unpaired) electrons. The zero-order chi connectivity index (χ0) is 29.9. The average molecular weight is 602 g/mol. The number of thioether (sulfide) groups is 1. The van der Waals surface area contributed by atoms with Crippen molar-refractivity contribution in [1.82, 2.24) is 5.32 Å². The Morgan fingerprint density at radius 1 is 0.905 bits per heavy atom. The number of nitrogens with one attached hydrogen (secondary N) is 3. The third-order valence-electron chi connectivity index (χ3n) is 6.06. The smallest absolute Gasteiger partial charge is 0.272 e. The minimum Gasteiger partial charge on any atom is -0.497 e. The van der Waals surface area contributed by atoms with E-state index in [4.69, 9.17) is 9.47 Å². The maximum absolute atomic E-state index is 13.3. The summed E-state index contributed by atoms with van der Waals surface area (Å²) < 4.78 is 10.7. The van der Waals surface area contributed by atoms with Gasteiger partial charge in [-0.05, 0) is 66.4 Å². The summed E-state index contributed by atoms with van der Waals surface area (Å²) in [5, 5.41) is 10.0. The molecule has 10 heteroatoms. The van der Waals surface area contributed by atoms with Gasteiger partial charge in [-0.15, -0.1) is 23.1 Å². The molecule has 0 saturated heterocycles. The lowest BCUT2D eigenvalue weighted by atomic mass is 10.2. The van der Waals surface area contributed by atoms with E-state index in [0.29, 0.717) is 34.9 Å². The van der Waals surface area contributed by atoms with Crippen LogP contribution in [0, 0.1) is 0 Å². The SMILES string of the molecule is CCC(Sc1cccc(NC(=O)/C(=C/c2cccs2)NC(=O)c2ccccc2)c1)C(=O)Nc1cc(OC)ccc1OC. The molecule has 1 atom stereocenters. The van der Waals surface area contributed by atoms with E-state index in [1.807, 2.05) is 36.6 Å². The van der Waals surface area contributed by atoms with Gasteiger partial charge >= 0.3 is 0 Å². The summed E-state index contributed by atoms with van der Waals surface area (Å²) in [4.78, 5) is 41.0. The lowest BCUT2D eigenvalue weighted by molar-refractivity contribution is -0.116. The second-order valence-corrected chi connectivity index (χ2v) is 11.2. The van der Waals surface area contributed by atoms with Crippen molar-refractivity contribution in [2.24, 2.45) is 0 Å². The molecule has 3 N–H and O–H groups in total. The number of methoxy groups -OCH3 is 2. The summed E-state index contributed by atoms with van der Waals surface area (Å²) in [6, 6.07) is 24.9. The van der Waals surface area contributed by atoms with Gasteiger partial charge in [0.1, 0.15) is 17.2 Å². The van der Waals surface area contributed by atoms with E-state index in [0.717, 1.165) is 9.77 Å². The van der Waals surface area contributed by atoms with Gasteiger partial charge in [0.05, 0.1) is 25.2 Å². The van der Waals surface area contributed by atoms with Crippen molar-refractivity contribution in [3.63, 3.8) is 0 Å². The number of ether oxygens (including phenoxy) is 2. The van der Waals surface area contributed by atoms with E-state index in [2.05, 4.69) is 16.0 Å². The maximum atomic E-state index is 13.3. The number of benzene rings is 3. The second-order valence-electron chi connectivity index (χ2n) is 8.95. The van der Waals surface area contributed by atoms with Crippen LogP contribution in [0.3, 0.4) is 0 Å². The molecule has 0 aliphatic rings. The Bertz CT molecular complexity index is 1560. The van der Waals surface area contributed by atoms with E-state index in [1.165, 1.54) is 30.2 Å². The van der Waals surface area contributed by atoms with Crippen molar-refractivity contribution in [3.05, 3.63) is 106 Å². The Kier molecular flexibility index (Phi) is 10.8. The molecule has 216 valence electrons. The lowest BCUT2D eigenvalue weighted by Gasteiger charge is -2.17. The van der Waals surface area contributed by atoms with Crippen LogP contribution >= 0.6 is 23.1 Å². The van der Waals surface area contributed by atoms with Crippen LogP contribution in [0.2, 0.25) is 0 Å². The molecule has 3 amide bonds. The first-order valence-electron chi connectivity index (χ1n) is 13.1. The van der Waals surface area contributed by atoms with E-state index >= 15 is 0 Å². The van der Waals surface area contributed by atoms with Crippen LogP contribution in [0.15, 0.2) is 101 Å². The zero-order valence-electron chi connectivity index (χ0n) is 23.4. The van der Waals surface area contributed by atoms with Crippen LogP contribution in [0.25, 0.3) is 6.08 Å². The quantitative estimate of drug-likeness (QED) is 0.124. The van der Waals surface area contributed by atoms with Gasteiger partial charge in [-0.25, -0.2) is 0 Å². The normalized spacial score (nSPS) is 11.7. The lowest BCUT2D eigenvalue weighted by Crippen LogP contribution is -2.30. The highest BCUT2D eigenvalue weighted by Crippen LogP contribution is 2.32. The van der Waals surface area contributed by atoms with E-state index in [9.17, 15) is 14.4 Å². The number of amides is 3. The van der Waals surface area contributed by atoms with Gasteiger partial charge in [0.25, 0.3) is 11.8 Å². The first-order valence-corrected chi connectivity index (χ1v) is 14.9. The van der Waals surface area contributed by atoms with E-state index in [1.54, 1.807) is 73.8 Å². The van der Waals surface area contributed by atoms with Crippen LogP contribution < -0.4 is 25.4 Å². The highest BCUT2D eigenvalue weighted by atomic mass is 32.2. The molecular formula is C32H31N3O5S2. The summed E-state index contributed by atoms with van der Waals surface area (Å²) >= 11 is 2.84. The van der Waals surface area contributed by atoms with Crippen molar-refractivity contribution in [3.8, 4) is 11.5 Å². The van der Waals surface area contributed by atoms with Gasteiger partial charge in [0, 0.05) is 27.1 Å². The summed E-state index contributed by atoms with van der Waals surface area (Å²) in [6.07, 6.45) is 2.21. The molecule has 0 bridgehead atoms. The fraction of sp³-hybridized carbons (Fsp3) is 0.156. The Morgan fingerprint density at radius 3 is 2.40 bits per heavy atom. The molecule has 4 aromatic rings. The number of thiophene rings is 1. The second kappa shape index (κ2) is 14.9. The topological polar surface area (TPSA) is 106 Å². The molecule has 0 saturated carbocycles. The largest absolute Gasteiger partial charge is 0.497 e. The van der Waals surface area contributed by atoms with Crippen LogP contribution in [-0.2, 0) is 9.59 Å². The minimum absolute atomic E-state index is 0.113. The number of carbonyl (C=O) groups excluding carboxylic acids is 3. The molecule has 8 nitrogen and oxygen atoms in total. The van der Waals surface area contributed by atoms with Crippen molar-refractivity contribution < 1.29 is 23.9 Å². The molecule has 0 aliphatic carbocycles. The van der Waals surface area contributed by atoms with Crippen molar-refractivity contribution in [1.29, 1.82) is 0 Å². The summed E-state index contributed by atoms with van der Waals surface area (Å²) in [5.74, 6) is 0.0857. The Hall–Kier alpha value is -4.54. The van der Waals surface area contributed by atoms with E-state index < -0.39 is 11.2 Å². The highest BCUT2D eigenvalue weighted by molar-refractivity contribution is 8.00. The van der Waals surface area contributed by atoms with E-state index in [-0.39, 0.29) is 17.5 Å². The molecule has 4 rings (SSSR count).